The van der Waals surface area contributed by atoms with Crippen molar-refractivity contribution in [3.63, 3.8) is 0 Å². The summed E-state index contributed by atoms with van der Waals surface area (Å²) in [4.78, 5) is 28.5. The van der Waals surface area contributed by atoms with Crippen LogP contribution in [0.15, 0.2) is 71.7 Å². The van der Waals surface area contributed by atoms with Crippen molar-refractivity contribution in [3.05, 3.63) is 94.0 Å². The molecular weight excluding hydrogens is 425 g/mol. The zero-order valence-corrected chi connectivity index (χ0v) is 16.3. The number of nitrogens with zero attached hydrogens (tertiary/aromatic N) is 2. The van der Waals surface area contributed by atoms with Crippen molar-refractivity contribution in [1.29, 1.82) is 0 Å². The summed E-state index contributed by atoms with van der Waals surface area (Å²) >= 11 is 0. The van der Waals surface area contributed by atoms with Crippen molar-refractivity contribution < 1.29 is 28.2 Å². The fourth-order valence-electron chi connectivity index (χ4n) is 3.47. The van der Waals surface area contributed by atoms with E-state index in [1.807, 2.05) is 0 Å². The molecule has 0 fully saturated rings. The molecule has 0 unspecified atom stereocenters. The molecule has 0 aliphatic carbocycles. The Morgan fingerprint density at radius 1 is 1.03 bits per heavy atom. The number of fused-ring (bicyclic) bond motifs is 1. The Kier molecular flexibility index (Phi) is 5.17. The molecular formula is C23H15F3N2O4. The van der Waals surface area contributed by atoms with Crippen LogP contribution in [0, 0.1) is 0 Å². The zero-order chi connectivity index (χ0) is 23.0. The van der Waals surface area contributed by atoms with Gasteiger partial charge >= 0.3 is 12.1 Å². The van der Waals surface area contributed by atoms with Crippen LogP contribution in [0.2, 0.25) is 0 Å². The van der Waals surface area contributed by atoms with Crippen molar-refractivity contribution >= 4 is 16.9 Å². The average molecular weight is 440 g/mol. The van der Waals surface area contributed by atoms with E-state index >= 15 is 0 Å². The standard InChI is InChI=1S/C23H15F3N2O4/c24-23(25,26)15-8-4-7-14(9-15)16-10-17-18(11-27-19(20(17)29)22(31)32)28(21(16)30)12-13-5-2-1-3-6-13/h1-11,29H,12H2,(H,31,32). The number of hydrogen-bond acceptors (Lipinski definition) is 4. The lowest BCUT2D eigenvalue weighted by molar-refractivity contribution is -0.137. The summed E-state index contributed by atoms with van der Waals surface area (Å²) in [7, 11) is 0. The Hall–Kier alpha value is -4.14. The fourth-order valence-corrected chi connectivity index (χ4v) is 3.47. The minimum absolute atomic E-state index is 0.0124. The van der Waals surface area contributed by atoms with Crippen LogP contribution >= 0.6 is 0 Å². The number of rotatable bonds is 4. The summed E-state index contributed by atoms with van der Waals surface area (Å²) in [5.41, 5.74) is -1.42. The number of benzene rings is 2. The third-order valence-electron chi connectivity index (χ3n) is 5.01. The number of hydrogen-bond donors (Lipinski definition) is 2. The number of carboxylic acid groups (broad SMARTS) is 1. The number of aromatic carboxylic acids is 1. The minimum atomic E-state index is -4.61. The molecule has 0 saturated carbocycles. The number of alkyl halides is 3. The first-order valence-electron chi connectivity index (χ1n) is 9.37. The Balaban J connectivity index is 2.03. The number of aromatic hydroxyl groups is 1. The summed E-state index contributed by atoms with van der Waals surface area (Å²) in [6.45, 7) is 0.0382. The van der Waals surface area contributed by atoms with Crippen molar-refractivity contribution in [2.24, 2.45) is 0 Å². The monoisotopic (exact) mass is 440 g/mol. The predicted molar refractivity (Wildman–Crippen MR) is 111 cm³/mol. The van der Waals surface area contributed by atoms with E-state index in [4.69, 9.17) is 0 Å². The Bertz CT molecular complexity index is 1400. The van der Waals surface area contributed by atoms with Crippen molar-refractivity contribution in [1.82, 2.24) is 9.55 Å². The quantitative estimate of drug-likeness (QED) is 0.486. The highest BCUT2D eigenvalue weighted by Crippen LogP contribution is 2.34. The summed E-state index contributed by atoms with van der Waals surface area (Å²) in [6.07, 6.45) is -3.46. The van der Waals surface area contributed by atoms with Gasteiger partial charge in [-0.2, -0.15) is 13.2 Å². The van der Waals surface area contributed by atoms with Gasteiger partial charge in [0.15, 0.2) is 11.4 Å². The molecule has 0 amide bonds. The molecule has 9 heteroatoms. The molecule has 4 rings (SSSR count). The van der Waals surface area contributed by atoms with E-state index in [1.165, 1.54) is 22.8 Å². The van der Waals surface area contributed by atoms with E-state index in [2.05, 4.69) is 4.98 Å². The number of pyridine rings is 2. The summed E-state index contributed by atoms with van der Waals surface area (Å²) < 4.78 is 40.9. The molecule has 4 aromatic rings. The lowest BCUT2D eigenvalue weighted by Gasteiger charge is -2.15. The molecule has 0 atom stereocenters. The Morgan fingerprint density at radius 2 is 1.75 bits per heavy atom. The second kappa shape index (κ2) is 7.84. The molecule has 0 spiro atoms. The van der Waals surface area contributed by atoms with Gasteiger partial charge in [-0.15, -0.1) is 0 Å². The van der Waals surface area contributed by atoms with Crippen LogP contribution in [0.3, 0.4) is 0 Å². The number of aromatic nitrogens is 2. The first-order chi connectivity index (χ1) is 15.2. The minimum Gasteiger partial charge on any atom is -0.505 e. The normalized spacial score (nSPS) is 11.6. The molecule has 0 aliphatic heterocycles. The smallest absolute Gasteiger partial charge is 0.416 e. The van der Waals surface area contributed by atoms with Gasteiger partial charge in [-0.1, -0.05) is 42.5 Å². The van der Waals surface area contributed by atoms with Crippen LogP contribution in [0.1, 0.15) is 21.6 Å². The van der Waals surface area contributed by atoms with Crippen LogP contribution in [-0.4, -0.2) is 25.7 Å². The Morgan fingerprint density at radius 3 is 2.41 bits per heavy atom. The molecule has 2 aromatic heterocycles. The van der Waals surface area contributed by atoms with Crippen molar-refractivity contribution in [3.8, 4) is 16.9 Å². The maximum absolute atomic E-state index is 13.3. The van der Waals surface area contributed by atoms with Crippen LogP contribution in [0.25, 0.3) is 22.0 Å². The van der Waals surface area contributed by atoms with Gasteiger partial charge in [-0.05, 0) is 29.3 Å². The van der Waals surface area contributed by atoms with Crippen LogP contribution in [0.4, 0.5) is 13.2 Å². The molecule has 0 radical (unpaired) electrons. The van der Waals surface area contributed by atoms with E-state index < -0.39 is 34.7 Å². The molecule has 162 valence electrons. The third kappa shape index (κ3) is 3.80. The van der Waals surface area contributed by atoms with Gasteiger partial charge in [0.05, 0.1) is 23.8 Å². The maximum atomic E-state index is 13.3. The molecule has 2 N–H and O–H groups in total. The number of halogens is 3. The van der Waals surface area contributed by atoms with E-state index in [-0.39, 0.29) is 28.6 Å². The Labute approximate surface area is 178 Å². The van der Waals surface area contributed by atoms with Gasteiger partial charge in [0, 0.05) is 10.9 Å². The van der Waals surface area contributed by atoms with E-state index in [9.17, 15) is 33.0 Å². The van der Waals surface area contributed by atoms with Gasteiger partial charge in [0.25, 0.3) is 5.56 Å². The zero-order valence-electron chi connectivity index (χ0n) is 16.3. The van der Waals surface area contributed by atoms with Gasteiger partial charge in [0.2, 0.25) is 0 Å². The average Bonchev–Trinajstić information content (AvgIpc) is 2.76. The second-order valence-corrected chi connectivity index (χ2v) is 7.07. The summed E-state index contributed by atoms with van der Waals surface area (Å²) in [5, 5.41) is 19.8. The van der Waals surface area contributed by atoms with E-state index in [0.29, 0.717) is 0 Å². The largest absolute Gasteiger partial charge is 0.505 e. The molecule has 2 heterocycles. The molecule has 6 nitrogen and oxygen atoms in total. The molecule has 0 aliphatic rings. The van der Waals surface area contributed by atoms with E-state index in [0.717, 1.165) is 23.9 Å². The first kappa shape index (κ1) is 21.1. The van der Waals surface area contributed by atoms with Crippen LogP contribution in [-0.2, 0) is 12.7 Å². The molecule has 0 saturated heterocycles. The lowest BCUT2D eigenvalue weighted by atomic mass is 10.0. The van der Waals surface area contributed by atoms with Crippen LogP contribution < -0.4 is 5.56 Å². The lowest BCUT2D eigenvalue weighted by Crippen LogP contribution is -2.23. The van der Waals surface area contributed by atoms with Gasteiger partial charge < -0.3 is 14.8 Å². The molecule has 32 heavy (non-hydrogen) atoms. The van der Waals surface area contributed by atoms with Gasteiger partial charge in [-0.25, -0.2) is 9.78 Å². The molecule has 2 aromatic carbocycles. The van der Waals surface area contributed by atoms with Gasteiger partial charge in [0.1, 0.15) is 0 Å². The predicted octanol–water partition coefficient (Wildman–Crippen LogP) is 4.53. The van der Waals surface area contributed by atoms with Crippen molar-refractivity contribution in [2.75, 3.05) is 0 Å². The molecule has 0 bridgehead atoms. The maximum Gasteiger partial charge on any atom is 0.416 e. The van der Waals surface area contributed by atoms with Gasteiger partial charge in [-0.3, -0.25) is 4.79 Å². The summed E-state index contributed by atoms with van der Waals surface area (Å²) in [6, 6.07) is 14.3. The number of carbonyl (C=O) groups is 1. The van der Waals surface area contributed by atoms with E-state index in [1.54, 1.807) is 30.3 Å². The highest BCUT2D eigenvalue weighted by molar-refractivity contribution is 5.98. The SMILES string of the molecule is O=C(O)c1ncc2c(cc(-c3cccc(C(F)(F)F)c3)c(=O)n2Cc2ccccc2)c1O. The first-order valence-corrected chi connectivity index (χ1v) is 9.37. The summed E-state index contributed by atoms with van der Waals surface area (Å²) in [5.74, 6) is -2.16. The second-order valence-electron chi connectivity index (χ2n) is 7.07. The topological polar surface area (TPSA) is 92.4 Å². The highest BCUT2D eigenvalue weighted by Gasteiger charge is 2.31. The third-order valence-corrected chi connectivity index (χ3v) is 5.01. The fraction of sp³-hybridized carbons (Fsp3) is 0.0870. The number of carboxylic acids is 1. The van der Waals surface area contributed by atoms with Crippen molar-refractivity contribution in [2.45, 2.75) is 12.7 Å². The van der Waals surface area contributed by atoms with Crippen LogP contribution in [0.5, 0.6) is 5.75 Å². The highest BCUT2D eigenvalue weighted by atomic mass is 19.4.